The molecule has 1 fully saturated rings. The fourth-order valence-electron chi connectivity index (χ4n) is 3.21. The third-order valence-corrected chi connectivity index (χ3v) is 5.27. The number of hydrogen-bond donors (Lipinski definition) is 2. The maximum atomic E-state index is 12.3. The maximum Gasteiger partial charge on any atom is 0.311 e. The second-order valence-corrected chi connectivity index (χ2v) is 7.63. The van der Waals surface area contributed by atoms with Crippen molar-refractivity contribution in [2.75, 3.05) is 18.1 Å². The van der Waals surface area contributed by atoms with Crippen LogP contribution in [0.25, 0.3) is 0 Å². The average Bonchev–Trinajstić information content (AvgIpc) is 3.18. The highest BCUT2D eigenvalue weighted by atomic mass is 35.5. The van der Waals surface area contributed by atoms with Gasteiger partial charge >= 0.3 is 5.97 Å². The van der Waals surface area contributed by atoms with Crippen LogP contribution in [0.15, 0.2) is 42.5 Å². The Kier molecular flexibility index (Phi) is 7.23. The van der Waals surface area contributed by atoms with Crippen molar-refractivity contribution in [2.24, 2.45) is 5.92 Å². The van der Waals surface area contributed by atoms with Gasteiger partial charge in [0.15, 0.2) is 6.61 Å². The zero-order valence-corrected chi connectivity index (χ0v) is 18.1. The molecule has 0 saturated carbocycles. The van der Waals surface area contributed by atoms with Crippen molar-refractivity contribution < 1.29 is 28.8 Å². The summed E-state index contributed by atoms with van der Waals surface area (Å²) in [6.45, 7) is 0.862. The van der Waals surface area contributed by atoms with Crippen LogP contribution in [-0.4, -0.2) is 41.8 Å². The fourth-order valence-corrected chi connectivity index (χ4v) is 3.43. The SMILES string of the molecule is Cc1ccc(N2C[C@@H](C(=O)OCC(=O)NNC(=O)c3ccccc3Cl)CC2=O)cc1[N+](=O)[O-]. The normalized spacial score (nSPS) is 15.2. The van der Waals surface area contributed by atoms with Gasteiger partial charge in [-0.2, -0.15) is 0 Å². The monoisotopic (exact) mass is 474 g/mol. The number of ether oxygens (including phenoxy) is 1. The van der Waals surface area contributed by atoms with E-state index in [1.807, 2.05) is 0 Å². The zero-order chi connectivity index (χ0) is 24.1. The van der Waals surface area contributed by atoms with Gasteiger partial charge in [-0.3, -0.25) is 40.1 Å². The van der Waals surface area contributed by atoms with E-state index in [4.69, 9.17) is 16.3 Å². The molecule has 1 aliphatic heterocycles. The first kappa shape index (κ1) is 23.7. The molecule has 0 radical (unpaired) electrons. The average molecular weight is 475 g/mol. The summed E-state index contributed by atoms with van der Waals surface area (Å²) in [5.74, 6) is -3.46. The van der Waals surface area contributed by atoms with Gasteiger partial charge < -0.3 is 9.64 Å². The number of hydrazine groups is 1. The molecule has 1 atom stereocenters. The number of aryl methyl sites for hydroxylation is 1. The molecule has 1 saturated heterocycles. The van der Waals surface area contributed by atoms with Crippen LogP contribution in [0.5, 0.6) is 0 Å². The molecular weight excluding hydrogens is 456 g/mol. The van der Waals surface area contributed by atoms with E-state index in [0.717, 1.165) is 0 Å². The molecule has 1 aliphatic rings. The van der Waals surface area contributed by atoms with Crippen LogP contribution < -0.4 is 15.8 Å². The number of carbonyl (C=O) groups excluding carboxylic acids is 4. The van der Waals surface area contributed by atoms with Gasteiger partial charge in [0, 0.05) is 24.6 Å². The molecule has 33 heavy (non-hydrogen) atoms. The summed E-state index contributed by atoms with van der Waals surface area (Å²) < 4.78 is 4.95. The molecule has 172 valence electrons. The number of nitrogens with zero attached hydrogens (tertiary/aromatic N) is 2. The molecule has 0 aliphatic carbocycles. The van der Waals surface area contributed by atoms with Crippen molar-refractivity contribution >= 4 is 46.7 Å². The van der Waals surface area contributed by atoms with Crippen molar-refractivity contribution in [3.63, 3.8) is 0 Å². The molecular formula is C21H19ClN4O7. The third kappa shape index (κ3) is 5.63. The lowest BCUT2D eigenvalue weighted by Gasteiger charge is -2.16. The van der Waals surface area contributed by atoms with Crippen molar-refractivity contribution in [2.45, 2.75) is 13.3 Å². The highest BCUT2D eigenvalue weighted by Gasteiger charge is 2.37. The van der Waals surface area contributed by atoms with E-state index < -0.39 is 41.1 Å². The van der Waals surface area contributed by atoms with Gasteiger partial charge in [-0.05, 0) is 25.1 Å². The van der Waals surface area contributed by atoms with Gasteiger partial charge in [0.1, 0.15) is 0 Å². The summed E-state index contributed by atoms with van der Waals surface area (Å²) in [6, 6.07) is 10.6. The second kappa shape index (κ2) is 10.1. The van der Waals surface area contributed by atoms with Gasteiger partial charge in [0.2, 0.25) is 5.91 Å². The van der Waals surface area contributed by atoms with E-state index in [2.05, 4.69) is 10.9 Å². The molecule has 0 aromatic heterocycles. The smallest absolute Gasteiger partial charge is 0.311 e. The highest BCUT2D eigenvalue weighted by Crippen LogP contribution is 2.30. The summed E-state index contributed by atoms with van der Waals surface area (Å²) in [4.78, 5) is 60.4. The molecule has 11 nitrogen and oxygen atoms in total. The molecule has 2 aromatic carbocycles. The number of nitro benzene ring substituents is 1. The summed E-state index contributed by atoms with van der Waals surface area (Å²) >= 11 is 5.90. The lowest BCUT2D eigenvalue weighted by molar-refractivity contribution is -0.385. The summed E-state index contributed by atoms with van der Waals surface area (Å²) in [5, 5.41) is 11.3. The van der Waals surface area contributed by atoms with Crippen LogP contribution in [0.2, 0.25) is 5.02 Å². The van der Waals surface area contributed by atoms with Gasteiger partial charge in [0.05, 0.1) is 27.1 Å². The minimum absolute atomic E-state index is 0.0389. The second-order valence-electron chi connectivity index (χ2n) is 7.22. The van der Waals surface area contributed by atoms with E-state index in [-0.39, 0.29) is 29.2 Å². The first-order valence-electron chi connectivity index (χ1n) is 9.73. The molecule has 3 rings (SSSR count). The fraction of sp³-hybridized carbons (Fsp3) is 0.238. The van der Waals surface area contributed by atoms with Crippen LogP contribution in [0, 0.1) is 23.0 Å². The van der Waals surface area contributed by atoms with Crippen LogP contribution in [0.1, 0.15) is 22.3 Å². The molecule has 12 heteroatoms. The van der Waals surface area contributed by atoms with E-state index in [1.165, 1.54) is 29.2 Å². The number of halogens is 1. The Morgan fingerprint density at radius 1 is 1.21 bits per heavy atom. The Morgan fingerprint density at radius 2 is 1.94 bits per heavy atom. The van der Waals surface area contributed by atoms with E-state index >= 15 is 0 Å². The molecule has 3 amide bonds. The number of anilines is 1. The molecule has 0 bridgehead atoms. The summed E-state index contributed by atoms with van der Waals surface area (Å²) in [6.07, 6.45) is -0.161. The summed E-state index contributed by atoms with van der Waals surface area (Å²) in [7, 11) is 0. The molecule has 0 spiro atoms. The maximum absolute atomic E-state index is 12.3. The predicted molar refractivity (Wildman–Crippen MR) is 116 cm³/mol. The van der Waals surface area contributed by atoms with Crippen molar-refractivity contribution in [1.82, 2.24) is 10.9 Å². The largest absolute Gasteiger partial charge is 0.455 e. The first-order chi connectivity index (χ1) is 15.7. The number of carbonyl (C=O) groups is 4. The number of benzene rings is 2. The Morgan fingerprint density at radius 3 is 2.64 bits per heavy atom. The van der Waals surface area contributed by atoms with Crippen molar-refractivity contribution in [3.05, 3.63) is 68.7 Å². The van der Waals surface area contributed by atoms with Crippen LogP contribution in [-0.2, 0) is 19.1 Å². The Labute approximate surface area is 192 Å². The van der Waals surface area contributed by atoms with Crippen LogP contribution >= 0.6 is 11.6 Å². The van der Waals surface area contributed by atoms with Crippen LogP contribution in [0.3, 0.4) is 0 Å². The number of rotatable bonds is 6. The number of nitrogens with one attached hydrogen (secondary N) is 2. The first-order valence-corrected chi connectivity index (χ1v) is 10.1. The lowest BCUT2D eigenvalue weighted by Crippen LogP contribution is -2.44. The van der Waals surface area contributed by atoms with Gasteiger partial charge in [-0.25, -0.2) is 0 Å². The Balaban J connectivity index is 1.51. The predicted octanol–water partition coefficient (Wildman–Crippen LogP) is 1.91. The molecule has 0 unspecified atom stereocenters. The van der Waals surface area contributed by atoms with E-state index in [0.29, 0.717) is 11.3 Å². The Hall–Kier alpha value is -3.99. The highest BCUT2D eigenvalue weighted by molar-refractivity contribution is 6.33. The number of esters is 1. The van der Waals surface area contributed by atoms with Crippen molar-refractivity contribution in [1.29, 1.82) is 0 Å². The number of amides is 3. The van der Waals surface area contributed by atoms with E-state index in [1.54, 1.807) is 25.1 Å². The minimum Gasteiger partial charge on any atom is -0.455 e. The molecule has 1 heterocycles. The topological polar surface area (TPSA) is 148 Å². The van der Waals surface area contributed by atoms with E-state index in [9.17, 15) is 29.3 Å². The van der Waals surface area contributed by atoms with Gasteiger partial charge in [0.25, 0.3) is 17.5 Å². The van der Waals surface area contributed by atoms with Crippen molar-refractivity contribution in [3.8, 4) is 0 Å². The third-order valence-electron chi connectivity index (χ3n) is 4.94. The number of hydrogen-bond acceptors (Lipinski definition) is 7. The lowest BCUT2D eigenvalue weighted by atomic mass is 10.1. The van der Waals surface area contributed by atoms with Crippen LogP contribution in [0.4, 0.5) is 11.4 Å². The molecule has 2 aromatic rings. The number of nitro groups is 1. The zero-order valence-electron chi connectivity index (χ0n) is 17.4. The van der Waals surface area contributed by atoms with Gasteiger partial charge in [-0.15, -0.1) is 0 Å². The minimum atomic E-state index is -0.844. The quantitative estimate of drug-likeness (QED) is 0.369. The summed E-state index contributed by atoms with van der Waals surface area (Å²) in [5.41, 5.74) is 5.02. The Bertz CT molecular complexity index is 1140. The standard InChI is InChI=1S/C21H19ClN4O7/c1-12-6-7-14(9-17(12)26(31)32)25-10-13(8-19(25)28)21(30)33-11-18(27)23-24-20(29)15-4-2-3-5-16(15)22/h2-7,9,13H,8,10-11H2,1H3,(H,23,27)(H,24,29)/t13-/m0/s1. The molecule has 2 N–H and O–H groups in total. The van der Waals surface area contributed by atoms with Gasteiger partial charge in [-0.1, -0.05) is 29.8 Å².